The molecule has 0 spiro atoms. The van der Waals surface area contributed by atoms with E-state index < -0.39 is 0 Å². The average Bonchev–Trinajstić information content (AvgIpc) is 2.79. The number of para-hydroxylation sites is 2. The van der Waals surface area contributed by atoms with Crippen molar-refractivity contribution in [3.63, 3.8) is 0 Å². The van der Waals surface area contributed by atoms with E-state index in [1.54, 1.807) is 24.3 Å². The molecule has 1 N–H and O–H groups in total. The van der Waals surface area contributed by atoms with Gasteiger partial charge in [0.1, 0.15) is 0 Å². The van der Waals surface area contributed by atoms with Crippen molar-refractivity contribution in [3.8, 4) is 11.5 Å². The molecule has 0 radical (unpaired) electrons. The number of carbonyl (C=O) groups is 1. The summed E-state index contributed by atoms with van der Waals surface area (Å²) < 4.78 is 5.48. The summed E-state index contributed by atoms with van der Waals surface area (Å²) in [7, 11) is 0. The average molecular weight is 395 g/mol. The number of phenols is 1. The molecule has 2 aromatic rings. The summed E-state index contributed by atoms with van der Waals surface area (Å²) in [5.41, 5.74) is 2.71. The van der Waals surface area contributed by atoms with Gasteiger partial charge in [0.25, 0.3) is 5.91 Å². The third kappa shape index (κ3) is 4.84. The van der Waals surface area contributed by atoms with Crippen LogP contribution in [0.2, 0.25) is 0 Å². The fraction of sp³-hybridized carbons (Fsp3) is 0.458. The number of piperazine rings is 1. The standard InChI is InChI=1S/C24H30N2O3/c27-22-8-4-5-9-23(22)29-18-24(28)26-16-14-25(15-17-26)21-12-10-20(11-13-21)19-6-2-1-3-7-19/h4-5,8-13,19,27H,1-3,6-7,14-18H2. The number of hydrogen-bond donors (Lipinski definition) is 1. The molecule has 5 heteroatoms. The predicted molar refractivity (Wildman–Crippen MR) is 115 cm³/mol. The highest BCUT2D eigenvalue weighted by atomic mass is 16.5. The fourth-order valence-corrected chi connectivity index (χ4v) is 4.42. The third-order valence-electron chi connectivity index (χ3n) is 6.18. The molecule has 0 aromatic heterocycles. The first-order chi connectivity index (χ1) is 14.2. The number of amides is 1. The zero-order valence-corrected chi connectivity index (χ0v) is 16.9. The van der Waals surface area contributed by atoms with E-state index in [9.17, 15) is 9.90 Å². The van der Waals surface area contributed by atoms with Gasteiger partial charge in [-0.3, -0.25) is 4.79 Å². The molecular weight excluding hydrogens is 364 g/mol. The van der Waals surface area contributed by atoms with Gasteiger partial charge in [0.05, 0.1) is 0 Å². The Morgan fingerprint density at radius 2 is 1.62 bits per heavy atom. The maximum absolute atomic E-state index is 12.4. The molecule has 0 bridgehead atoms. The summed E-state index contributed by atoms with van der Waals surface area (Å²) in [6.07, 6.45) is 6.74. The predicted octanol–water partition coefficient (Wildman–Crippen LogP) is 4.17. The second-order valence-electron chi connectivity index (χ2n) is 8.05. The lowest BCUT2D eigenvalue weighted by Crippen LogP contribution is -2.50. The lowest BCUT2D eigenvalue weighted by molar-refractivity contribution is -0.133. The first-order valence-electron chi connectivity index (χ1n) is 10.7. The van der Waals surface area contributed by atoms with E-state index in [0.29, 0.717) is 18.8 Å². The van der Waals surface area contributed by atoms with Crippen LogP contribution in [0.15, 0.2) is 48.5 Å². The van der Waals surface area contributed by atoms with Crippen molar-refractivity contribution in [2.24, 2.45) is 0 Å². The molecule has 29 heavy (non-hydrogen) atoms. The Bertz CT molecular complexity index is 807. The number of nitrogens with zero attached hydrogens (tertiary/aromatic N) is 2. The van der Waals surface area contributed by atoms with Crippen LogP contribution >= 0.6 is 0 Å². The number of phenolic OH excluding ortho intramolecular Hbond substituents is 1. The van der Waals surface area contributed by atoms with Crippen molar-refractivity contribution in [3.05, 3.63) is 54.1 Å². The van der Waals surface area contributed by atoms with E-state index in [1.807, 2.05) is 4.90 Å². The van der Waals surface area contributed by atoms with Crippen LogP contribution in [0.1, 0.15) is 43.6 Å². The summed E-state index contributed by atoms with van der Waals surface area (Å²) in [6, 6.07) is 15.8. The van der Waals surface area contributed by atoms with Gasteiger partial charge < -0.3 is 19.6 Å². The van der Waals surface area contributed by atoms with Crippen molar-refractivity contribution in [1.29, 1.82) is 0 Å². The van der Waals surface area contributed by atoms with Crippen molar-refractivity contribution in [2.75, 3.05) is 37.7 Å². The van der Waals surface area contributed by atoms with Crippen LogP contribution in [0, 0.1) is 0 Å². The van der Waals surface area contributed by atoms with Crippen LogP contribution in [0.3, 0.4) is 0 Å². The second kappa shape index (κ2) is 9.21. The Labute approximate surface area is 172 Å². The van der Waals surface area contributed by atoms with Gasteiger partial charge in [0.15, 0.2) is 18.1 Å². The second-order valence-corrected chi connectivity index (χ2v) is 8.05. The highest BCUT2D eigenvalue weighted by Crippen LogP contribution is 2.33. The zero-order valence-electron chi connectivity index (χ0n) is 16.9. The highest BCUT2D eigenvalue weighted by molar-refractivity contribution is 5.78. The maximum Gasteiger partial charge on any atom is 0.260 e. The van der Waals surface area contributed by atoms with E-state index in [0.717, 1.165) is 19.0 Å². The molecule has 1 aliphatic heterocycles. The van der Waals surface area contributed by atoms with E-state index in [2.05, 4.69) is 29.2 Å². The number of aromatic hydroxyl groups is 1. The first kappa shape index (κ1) is 19.6. The number of anilines is 1. The maximum atomic E-state index is 12.4. The van der Waals surface area contributed by atoms with Gasteiger partial charge in [-0.05, 0) is 48.6 Å². The van der Waals surface area contributed by atoms with Crippen LogP contribution in [-0.2, 0) is 4.79 Å². The fourth-order valence-electron chi connectivity index (χ4n) is 4.42. The Balaban J connectivity index is 1.26. The van der Waals surface area contributed by atoms with Gasteiger partial charge in [-0.25, -0.2) is 0 Å². The van der Waals surface area contributed by atoms with Crippen LogP contribution in [0.5, 0.6) is 11.5 Å². The lowest BCUT2D eigenvalue weighted by Gasteiger charge is -2.36. The topological polar surface area (TPSA) is 53.0 Å². The molecule has 0 unspecified atom stereocenters. The molecule has 1 aliphatic carbocycles. The molecule has 4 rings (SSSR count). The van der Waals surface area contributed by atoms with Gasteiger partial charge >= 0.3 is 0 Å². The van der Waals surface area contributed by atoms with Crippen LogP contribution < -0.4 is 9.64 Å². The molecule has 5 nitrogen and oxygen atoms in total. The van der Waals surface area contributed by atoms with Crippen molar-refractivity contribution >= 4 is 11.6 Å². The largest absolute Gasteiger partial charge is 0.504 e. The Hall–Kier alpha value is -2.69. The number of benzene rings is 2. The molecule has 2 aromatic carbocycles. The van der Waals surface area contributed by atoms with Gasteiger partial charge in [0.2, 0.25) is 0 Å². The first-order valence-corrected chi connectivity index (χ1v) is 10.7. The van der Waals surface area contributed by atoms with Gasteiger partial charge in [0, 0.05) is 31.9 Å². The molecule has 1 heterocycles. The minimum atomic E-state index is -0.0480. The van der Waals surface area contributed by atoms with Crippen LogP contribution in [-0.4, -0.2) is 48.7 Å². The molecule has 2 aliphatic rings. The lowest BCUT2D eigenvalue weighted by atomic mass is 9.84. The molecule has 0 atom stereocenters. The molecule has 154 valence electrons. The molecule has 1 saturated carbocycles. The van der Waals surface area contributed by atoms with E-state index in [1.165, 1.54) is 43.4 Å². The van der Waals surface area contributed by atoms with Crippen LogP contribution in [0.25, 0.3) is 0 Å². The van der Waals surface area contributed by atoms with Gasteiger partial charge in [-0.15, -0.1) is 0 Å². The number of hydrogen-bond acceptors (Lipinski definition) is 4. The molecule has 1 saturated heterocycles. The monoisotopic (exact) mass is 394 g/mol. The summed E-state index contributed by atoms with van der Waals surface area (Å²) >= 11 is 0. The summed E-state index contributed by atoms with van der Waals surface area (Å²) in [6.45, 7) is 2.98. The van der Waals surface area contributed by atoms with Crippen molar-refractivity contribution in [2.45, 2.75) is 38.0 Å². The third-order valence-corrected chi connectivity index (χ3v) is 6.18. The Morgan fingerprint density at radius 1 is 0.931 bits per heavy atom. The molecular formula is C24H30N2O3. The summed E-state index contributed by atoms with van der Waals surface area (Å²) in [4.78, 5) is 16.6. The summed E-state index contributed by atoms with van der Waals surface area (Å²) in [5, 5.41) is 9.74. The van der Waals surface area contributed by atoms with E-state index in [-0.39, 0.29) is 18.3 Å². The quantitative estimate of drug-likeness (QED) is 0.827. The van der Waals surface area contributed by atoms with E-state index >= 15 is 0 Å². The van der Waals surface area contributed by atoms with Gasteiger partial charge in [-0.2, -0.15) is 0 Å². The van der Waals surface area contributed by atoms with Crippen molar-refractivity contribution in [1.82, 2.24) is 4.90 Å². The zero-order chi connectivity index (χ0) is 20.1. The smallest absolute Gasteiger partial charge is 0.260 e. The minimum absolute atomic E-state index is 0.0412. The Kier molecular flexibility index (Phi) is 6.23. The highest BCUT2D eigenvalue weighted by Gasteiger charge is 2.22. The SMILES string of the molecule is O=C(COc1ccccc1O)N1CCN(c2ccc(C3CCCCC3)cc2)CC1. The van der Waals surface area contributed by atoms with Crippen molar-refractivity contribution < 1.29 is 14.6 Å². The number of rotatable bonds is 5. The van der Waals surface area contributed by atoms with Crippen LogP contribution in [0.4, 0.5) is 5.69 Å². The molecule has 1 amide bonds. The number of carbonyl (C=O) groups excluding carboxylic acids is 1. The number of ether oxygens (including phenoxy) is 1. The normalized spacial score (nSPS) is 17.9. The molecule has 2 fully saturated rings. The van der Waals surface area contributed by atoms with Gasteiger partial charge in [-0.1, -0.05) is 43.5 Å². The Morgan fingerprint density at radius 3 is 2.31 bits per heavy atom. The van der Waals surface area contributed by atoms with E-state index in [4.69, 9.17) is 4.74 Å². The summed E-state index contributed by atoms with van der Waals surface area (Å²) in [5.74, 6) is 1.09. The minimum Gasteiger partial charge on any atom is -0.504 e.